The Balaban J connectivity index is 3.44. The lowest BCUT2D eigenvalue weighted by atomic mass is 10.1. The van der Waals surface area contributed by atoms with Crippen molar-refractivity contribution in [3.63, 3.8) is 0 Å². The number of hydrogen-bond acceptors (Lipinski definition) is 4. The minimum atomic E-state index is -0.770. The third kappa shape index (κ3) is 2.10. The van der Waals surface area contributed by atoms with Crippen LogP contribution in [0.3, 0.4) is 0 Å². The van der Waals surface area contributed by atoms with E-state index in [4.69, 9.17) is 10.3 Å². The van der Waals surface area contributed by atoms with E-state index in [0.717, 1.165) is 0 Å². The molecule has 0 unspecified atom stereocenters. The van der Waals surface area contributed by atoms with Gasteiger partial charge in [0.15, 0.2) is 5.75 Å². The molecule has 7 heteroatoms. The zero-order valence-corrected chi connectivity index (χ0v) is 8.28. The third-order valence-corrected chi connectivity index (χ3v) is 1.84. The highest BCUT2D eigenvalue weighted by Crippen LogP contribution is 2.30. The van der Waals surface area contributed by atoms with Crippen LogP contribution < -0.4 is 4.74 Å². The van der Waals surface area contributed by atoms with Gasteiger partial charge in [-0.2, -0.15) is 4.79 Å². The summed E-state index contributed by atoms with van der Waals surface area (Å²) in [6, 6.07) is 4.06. The minimum absolute atomic E-state index is 0.0258. The van der Waals surface area contributed by atoms with Crippen LogP contribution in [0.1, 0.15) is 10.4 Å². The Morgan fingerprint density at radius 3 is 2.81 bits per heavy atom. The van der Waals surface area contributed by atoms with Crippen LogP contribution in [0.2, 0.25) is 0 Å². The summed E-state index contributed by atoms with van der Waals surface area (Å²) < 4.78 is 4.77. The Bertz CT molecular complexity index is 492. The molecular weight excluding hydrogens is 214 g/mol. The number of para-hydroxylation sites is 1. The number of nitro benzene ring substituents is 1. The van der Waals surface area contributed by atoms with Crippen LogP contribution in [-0.2, 0) is 0 Å². The van der Waals surface area contributed by atoms with Gasteiger partial charge in [-0.15, -0.1) is 0 Å². The van der Waals surface area contributed by atoms with Crippen LogP contribution in [0, 0.1) is 10.1 Å². The molecule has 0 saturated heterocycles. The molecule has 0 N–H and O–H groups in total. The average molecular weight is 221 g/mol. The van der Waals surface area contributed by atoms with Crippen molar-refractivity contribution in [2.24, 2.45) is 0 Å². The molecule has 0 heterocycles. The van der Waals surface area contributed by atoms with E-state index in [1.54, 1.807) is 0 Å². The van der Waals surface area contributed by atoms with Crippen molar-refractivity contribution in [2.75, 3.05) is 7.11 Å². The fourth-order valence-corrected chi connectivity index (χ4v) is 1.20. The van der Waals surface area contributed by atoms with Crippen molar-refractivity contribution >= 4 is 17.7 Å². The van der Waals surface area contributed by atoms with Gasteiger partial charge >= 0.3 is 11.9 Å². The molecule has 0 atom stereocenters. The lowest BCUT2D eigenvalue weighted by molar-refractivity contribution is -0.386. The lowest BCUT2D eigenvalue weighted by Crippen LogP contribution is -2.06. The molecule has 0 amide bonds. The Hall–Kier alpha value is -2.53. The number of hydrogen-bond donors (Lipinski definition) is 0. The Labute approximate surface area is 90.0 Å². The van der Waals surface area contributed by atoms with Crippen LogP contribution in [0.5, 0.6) is 5.75 Å². The monoisotopic (exact) mass is 221 g/mol. The SMILES string of the molecule is COc1cccc(C(=O)C=[N+]=[N-])c1[N+](=O)[O-]. The van der Waals surface area contributed by atoms with Gasteiger partial charge in [0.2, 0.25) is 0 Å². The largest absolute Gasteiger partial charge is 0.490 e. The number of ether oxygens (including phenoxy) is 1. The Kier molecular flexibility index (Phi) is 3.47. The van der Waals surface area contributed by atoms with Crippen molar-refractivity contribution < 1.29 is 19.2 Å². The third-order valence-electron chi connectivity index (χ3n) is 1.84. The van der Waals surface area contributed by atoms with E-state index in [0.29, 0.717) is 6.21 Å². The normalized spacial score (nSPS) is 9.06. The highest BCUT2D eigenvalue weighted by Gasteiger charge is 2.25. The second-order valence-corrected chi connectivity index (χ2v) is 2.72. The predicted octanol–water partition coefficient (Wildman–Crippen LogP) is 1.09. The number of Topliss-reactive ketones (excluding diaryl/α,β-unsaturated/α-hetero) is 1. The van der Waals surface area contributed by atoms with Crippen molar-refractivity contribution in [3.8, 4) is 5.75 Å². The standard InChI is InChI=1S/C9H7N3O4/c1-16-8-4-2-3-6(7(13)5-11-10)9(8)12(14)15/h2-5H,1H3. The molecule has 0 bridgehead atoms. The van der Waals surface area contributed by atoms with Gasteiger partial charge < -0.3 is 10.3 Å². The van der Waals surface area contributed by atoms with Gasteiger partial charge in [0, 0.05) is 0 Å². The van der Waals surface area contributed by atoms with Gasteiger partial charge in [0.05, 0.1) is 12.0 Å². The molecule has 16 heavy (non-hydrogen) atoms. The number of nitro groups is 1. The second kappa shape index (κ2) is 4.81. The van der Waals surface area contributed by atoms with E-state index in [9.17, 15) is 14.9 Å². The number of benzene rings is 1. The summed E-state index contributed by atoms with van der Waals surface area (Å²) >= 11 is 0. The number of ketones is 1. The molecule has 0 aromatic heterocycles. The first-order valence-corrected chi connectivity index (χ1v) is 4.15. The summed E-state index contributed by atoms with van der Waals surface area (Å²) in [5.74, 6) is -0.796. The fourth-order valence-electron chi connectivity index (χ4n) is 1.20. The smallest absolute Gasteiger partial charge is 0.328 e. The molecule has 0 fully saturated rings. The van der Waals surface area contributed by atoms with Gasteiger partial charge in [-0.05, 0) is 12.1 Å². The van der Waals surface area contributed by atoms with Gasteiger partial charge in [0.1, 0.15) is 5.56 Å². The number of rotatable bonds is 4. The van der Waals surface area contributed by atoms with Crippen molar-refractivity contribution in [3.05, 3.63) is 39.4 Å². The molecular formula is C9H7N3O4. The maximum atomic E-state index is 11.4. The summed E-state index contributed by atoms with van der Waals surface area (Å²) in [5, 5.41) is 10.8. The molecule has 0 radical (unpaired) electrons. The second-order valence-electron chi connectivity index (χ2n) is 2.72. The first-order chi connectivity index (χ1) is 7.61. The van der Waals surface area contributed by atoms with Crippen molar-refractivity contribution in [2.45, 2.75) is 0 Å². The van der Waals surface area contributed by atoms with Crippen LogP contribution in [-0.4, -0.2) is 28.8 Å². The molecule has 1 aromatic carbocycles. The maximum Gasteiger partial charge on any atom is 0.328 e. The molecule has 7 nitrogen and oxygen atoms in total. The minimum Gasteiger partial charge on any atom is -0.490 e. The van der Waals surface area contributed by atoms with Crippen molar-refractivity contribution in [1.82, 2.24) is 0 Å². The van der Waals surface area contributed by atoms with E-state index in [2.05, 4.69) is 4.79 Å². The quantitative estimate of drug-likeness (QED) is 0.189. The molecule has 82 valence electrons. The summed E-state index contributed by atoms with van der Waals surface area (Å²) in [7, 11) is 1.26. The zero-order valence-electron chi connectivity index (χ0n) is 8.28. The molecule has 0 aliphatic rings. The number of carbonyl (C=O) groups excluding carboxylic acids is 1. The number of methoxy groups -OCH3 is 1. The average Bonchev–Trinajstić information content (AvgIpc) is 2.28. The van der Waals surface area contributed by atoms with E-state index < -0.39 is 16.4 Å². The summed E-state index contributed by atoms with van der Waals surface area (Å²) in [4.78, 5) is 24.0. The summed E-state index contributed by atoms with van der Waals surface area (Å²) in [6.07, 6.45) is 0.585. The first kappa shape index (κ1) is 11.5. The van der Waals surface area contributed by atoms with Gasteiger partial charge in [-0.1, -0.05) is 6.07 Å². The van der Waals surface area contributed by atoms with E-state index in [1.807, 2.05) is 0 Å². The Morgan fingerprint density at radius 1 is 1.62 bits per heavy atom. The molecule has 0 saturated carbocycles. The van der Waals surface area contributed by atoms with E-state index in [-0.39, 0.29) is 11.3 Å². The van der Waals surface area contributed by atoms with Crippen molar-refractivity contribution in [1.29, 1.82) is 0 Å². The molecule has 1 aromatic rings. The molecule has 0 aliphatic carbocycles. The summed E-state index contributed by atoms with van der Waals surface area (Å²) in [6.45, 7) is 0. The van der Waals surface area contributed by atoms with Gasteiger partial charge in [0.25, 0.3) is 5.78 Å². The van der Waals surface area contributed by atoms with Gasteiger partial charge in [-0.3, -0.25) is 14.9 Å². The molecule has 0 aliphatic heterocycles. The number of carbonyl (C=O) groups is 1. The summed E-state index contributed by atoms with van der Waals surface area (Å²) in [5.41, 5.74) is 7.56. The Morgan fingerprint density at radius 2 is 2.31 bits per heavy atom. The van der Waals surface area contributed by atoms with E-state index in [1.165, 1.54) is 25.3 Å². The first-order valence-electron chi connectivity index (χ1n) is 4.15. The van der Waals surface area contributed by atoms with Crippen LogP contribution in [0.25, 0.3) is 5.53 Å². The highest BCUT2D eigenvalue weighted by molar-refractivity contribution is 6.34. The topological polar surface area (TPSA) is 106 Å². The van der Waals surface area contributed by atoms with Crippen LogP contribution >= 0.6 is 0 Å². The van der Waals surface area contributed by atoms with Crippen LogP contribution in [0.15, 0.2) is 18.2 Å². The maximum absolute atomic E-state index is 11.4. The molecule has 0 spiro atoms. The number of nitrogens with zero attached hydrogens (tertiary/aromatic N) is 3. The molecule has 1 rings (SSSR count). The van der Waals surface area contributed by atoms with Gasteiger partial charge in [-0.25, -0.2) is 0 Å². The fraction of sp³-hybridized carbons (Fsp3) is 0.111. The highest BCUT2D eigenvalue weighted by atomic mass is 16.6. The predicted molar refractivity (Wildman–Crippen MR) is 53.7 cm³/mol. The zero-order chi connectivity index (χ0) is 12.1. The lowest BCUT2D eigenvalue weighted by Gasteiger charge is -2.02. The van der Waals surface area contributed by atoms with E-state index >= 15 is 0 Å². The van der Waals surface area contributed by atoms with Crippen LogP contribution in [0.4, 0.5) is 5.69 Å².